The lowest BCUT2D eigenvalue weighted by atomic mass is 10.0. The minimum Gasteiger partial charge on any atom is -0.406 e. The molecule has 0 radical (unpaired) electrons. The molecule has 35 heavy (non-hydrogen) atoms. The van der Waals surface area contributed by atoms with Crippen LogP contribution in [0.1, 0.15) is 22.3 Å². The maximum absolute atomic E-state index is 12.8. The van der Waals surface area contributed by atoms with Crippen molar-refractivity contribution in [3.63, 3.8) is 0 Å². The fourth-order valence-corrected chi connectivity index (χ4v) is 4.94. The van der Waals surface area contributed by atoms with Crippen molar-refractivity contribution in [2.24, 2.45) is 17.0 Å². The highest BCUT2D eigenvalue weighted by Gasteiger charge is 2.43. The van der Waals surface area contributed by atoms with Gasteiger partial charge in [-0.15, -0.1) is 13.2 Å². The first-order chi connectivity index (χ1) is 16.4. The second kappa shape index (κ2) is 9.46. The van der Waals surface area contributed by atoms with E-state index in [0.29, 0.717) is 32.6 Å². The number of fused-ring (bicyclic) bond motifs is 1. The Morgan fingerprint density at radius 1 is 1.00 bits per heavy atom. The Hall–Kier alpha value is -3.19. The molecule has 4 rings (SSSR count). The number of carbonyl (C=O) groups is 2. The number of sulfonamides is 1. The normalized spacial score (nSPS) is 20.1. The van der Waals surface area contributed by atoms with E-state index in [4.69, 9.17) is 5.14 Å². The van der Waals surface area contributed by atoms with Gasteiger partial charge < -0.3 is 14.5 Å². The number of aromatic nitrogens is 1. The predicted molar refractivity (Wildman–Crippen MR) is 117 cm³/mol. The van der Waals surface area contributed by atoms with E-state index in [1.807, 2.05) is 0 Å². The molecule has 9 nitrogen and oxygen atoms in total. The average molecular weight is 513 g/mol. The SMILES string of the molecule is NS(=O)(=O)c1ccc(C(=O)N2CC3CN(C(=O)CCc4ccc(OC(F)(F)F)cc4)CC3C2)cn1. The smallest absolute Gasteiger partial charge is 0.406 e. The fraction of sp³-hybridized carbons (Fsp3) is 0.409. The second-order valence-corrected chi connectivity index (χ2v) is 10.2. The Morgan fingerprint density at radius 2 is 1.60 bits per heavy atom. The molecule has 0 bridgehead atoms. The molecule has 0 saturated carbocycles. The third-order valence-corrected chi connectivity index (χ3v) is 7.01. The number of nitrogens with two attached hydrogens (primary N) is 1. The van der Waals surface area contributed by atoms with Crippen LogP contribution in [0.3, 0.4) is 0 Å². The monoisotopic (exact) mass is 512 g/mol. The van der Waals surface area contributed by atoms with Gasteiger partial charge >= 0.3 is 6.36 Å². The lowest BCUT2D eigenvalue weighted by molar-refractivity contribution is -0.274. The second-order valence-electron chi connectivity index (χ2n) is 8.65. The number of amides is 2. The molecule has 2 fully saturated rings. The van der Waals surface area contributed by atoms with Crippen molar-refractivity contribution in [2.75, 3.05) is 26.2 Å². The van der Waals surface area contributed by atoms with Gasteiger partial charge in [0.1, 0.15) is 5.75 Å². The van der Waals surface area contributed by atoms with Gasteiger partial charge in [-0.25, -0.2) is 18.5 Å². The Labute approximate surface area is 199 Å². The summed E-state index contributed by atoms with van der Waals surface area (Å²) < 4.78 is 63.2. The Bertz CT molecular complexity index is 1190. The number of ether oxygens (including phenoxy) is 1. The molecule has 2 aromatic rings. The van der Waals surface area contributed by atoms with Crippen molar-refractivity contribution >= 4 is 21.8 Å². The summed E-state index contributed by atoms with van der Waals surface area (Å²) in [6, 6.07) is 8.01. The number of rotatable bonds is 6. The standard InChI is InChI=1S/C22H23F3N4O5S/c23-22(24,25)34-18-5-1-14(2-6-18)3-8-20(30)28-10-16-12-29(13-17(16)11-28)21(31)15-4-7-19(27-9-15)35(26,32)33/h1-2,4-7,9,16-17H,3,8,10-13H2,(H2,26,32,33). The van der Waals surface area contributed by atoms with Gasteiger partial charge in [-0.2, -0.15) is 0 Å². The first-order valence-electron chi connectivity index (χ1n) is 10.8. The van der Waals surface area contributed by atoms with Gasteiger partial charge in [0.05, 0.1) is 5.56 Å². The summed E-state index contributed by atoms with van der Waals surface area (Å²) in [7, 11) is -3.94. The van der Waals surface area contributed by atoms with Crippen molar-refractivity contribution in [2.45, 2.75) is 24.2 Å². The highest BCUT2D eigenvalue weighted by molar-refractivity contribution is 7.89. The average Bonchev–Trinajstić information content (AvgIpc) is 3.36. The molecule has 188 valence electrons. The van der Waals surface area contributed by atoms with Crippen LogP contribution in [0.2, 0.25) is 0 Å². The molecule has 2 unspecified atom stereocenters. The number of primary sulfonamides is 1. The number of aryl methyl sites for hydroxylation is 1. The molecule has 0 aliphatic carbocycles. The van der Waals surface area contributed by atoms with E-state index in [2.05, 4.69) is 9.72 Å². The first kappa shape index (κ1) is 24.9. The third kappa shape index (κ3) is 6.09. The molecule has 0 spiro atoms. The summed E-state index contributed by atoms with van der Waals surface area (Å²) in [4.78, 5) is 32.6. The third-order valence-electron chi connectivity index (χ3n) is 6.19. The molecule has 2 amide bonds. The number of hydrogen-bond acceptors (Lipinski definition) is 6. The van der Waals surface area contributed by atoms with Crippen LogP contribution in [0, 0.1) is 11.8 Å². The van der Waals surface area contributed by atoms with Crippen LogP contribution in [-0.2, 0) is 21.2 Å². The number of pyridine rings is 1. The molecule has 2 atom stereocenters. The lowest BCUT2D eigenvalue weighted by Gasteiger charge is -2.22. The summed E-state index contributed by atoms with van der Waals surface area (Å²) in [5.41, 5.74) is 0.989. The number of nitrogens with zero attached hydrogens (tertiary/aromatic N) is 3. The number of alkyl halides is 3. The zero-order valence-corrected chi connectivity index (χ0v) is 19.3. The summed E-state index contributed by atoms with van der Waals surface area (Å²) >= 11 is 0. The molecule has 1 aromatic carbocycles. The highest BCUT2D eigenvalue weighted by atomic mass is 32.2. The molecule has 2 N–H and O–H groups in total. The van der Waals surface area contributed by atoms with Crippen LogP contribution >= 0.6 is 0 Å². The lowest BCUT2D eigenvalue weighted by Crippen LogP contribution is -2.35. The van der Waals surface area contributed by atoms with Crippen LogP contribution in [0.4, 0.5) is 13.2 Å². The van der Waals surface area contributed by atoms with Crippen LogP contribution < -0.4 is 9.88 Å². The molecule has 13 heteroatoms. The van der Waals surface area contributed by atoms with Crippen molar-refractivity contribution in [1.29, 1.82) is 0 Å². The minimum atomic E-state index is -4.75. The zero-order valence-electron chi connectivity index (χ0n) is 18.4. The quantitative estimate of drug-likeness (QED) is 0.630. The largest absolute Gasteiger partial charge is 0.573 e. The van der Waals surface area contributed by atoms with E-state index in [-0.39, 0.29) is 46.4 Å². The maximum atomic E-state index is 12.8. The zero-order chi connectivity index (χ0) is 25.4. The predicted octanol–water partition coefficient (Wildman–Crippen LogP) is 1.79. The molecule has 1 aromatic heterocycles. The van der Waals surface area contributed by atoms with Crippen LogP contribution in [0.15, 0.2) is 47.6 Å². The van der Waals surface area contributed by atoms with Crippen LogP contribution in [0.5, 0.6) is 5.75 Å². The van der Waals surface area contributed by atoms with Gasteiger partial charge in [0.25, 0.3) is 15.9 Å². The molecule has 2 aliphatic rings. The fourth-order valence-electron chi connectivity index (χ4n) is 4.49. The van der Waals surface area contributed by atoms with Crippen molar-refractivity contribution in [3.05, 3.63) is 53.7 Å². The molecule has 2 saturated heterocycles. The molecular formula is C22H23F3N4O5S. The van der Waals surface area contributed by atoms with E-state index in [9.17, 15) is 31.2 Å². The number of benzene rings is 1. The van der Waals surface area contributed by atoms with Gasteiger partial charge in [-0.05, 0) is 36.2 Å². The topological polar surface area (TPSA) is 123 Å². The maximum Gasteiger partial charge on any atom is 0.573 e. The van der Waals surface area contributed by atoms with Gasteiger partial charge in [0.2, 0.25) is 5.91 Å². The molecule has 3 heterocycles. The van der Waals surface area contributed by atoms with Crippen molar-refractivity contribution in [3.8, 4) is 5.75 Å². The number of carbonyl (C=O) groups excluding carboxylic acids is 2. The van der Waals surface area contributed by atoms with E-state index in [0.717, 1.165) is 5.56 Å². The number of halogens is 3. The molecule has 2 aliphatic heterocycles. The Balaban J connectivity index is 1.26. The van der Waals surface area contributed by atoms with Gasteiger partial charge in [0.15, 0.2) is 5.03 Å². The van der Waals surface area contributed by atoms with Crippen LogP contribution in [-0.4, -0.2) is 67.6 Å². The first-order valence-corrected chi connectivity index (χ1v) is 12.3. The Kier molecular flexibility index (Phi) is 6.73. The van der Waals surface area contributed by atoms with Gasteiger partial charge in [0, 0.05) is 50.6 Å². The van der Waals surface area contributed by atoms with Gasteiger partial charge in [-0.3, -0.25) is 9.59 Å². The number of hydrogen-bond donors (Lipinski definition) is 1. The Morgan fingerprint density at radius 3 is 2.11 bits per heavy atom. The summed E-state index contributed by atoms with van der Waals surface area (Å²) in [6.07, 6.45) is -2.94. The number of likely N-dealkylation sites (tertiary alicyclic amines) is 2. The van der Waals surface area contributed by atoms with E-state index in [1.54, 1.807) is 9.80 Å². The van der Waals surface area contributed by atoms with Crippen molar-refractivity contribution in [1.82, 2.24) is 14.8 Å². The van der Waals surface area contributed by atoms with Crippen LogP contribution in [0.25, 0.3) is 0 Å². The minimum absolute atomic E-state index is 0.0457. The summed E-state index contributed by atoms with van der Waals surface area (Å²) in [5, 5.41) is 4.71. The van der Waals surface area contributed by atoms with E-state index in [1.165, 1.54) is 42.6 Å². The molecular weight excluding hydrogens is 489 g/mol. The highest BCUT2D eigenvalue weighted by Crippen LogP contribution is 2.32. The summed E-state index contributed by atoms with van der Waals surface area (Å²) in [5.74, 6) is -0.341. The van der Waals surface area contributed by atoms with E-state index < -0.39 is 16.4 Å². The van der Waals surface area contributed by atoms with E-state index >= 15 is 0 Å². The van der Waals surface area contributed by atoms with Gasteiger partial charge in [-0.1, -0.05) is 12.1 Å². The van der Waals surface area contributed by atoms with Crippen molar-refractivity contribution < 1.29 is 35.9 Å². The summed E-state index contributed by atoms with van der Waals surface area (Å²) in [6.45, 7) is 2.00.